The Morgan fingerprint density at radius 1 is 1.23 bits per heavy atom. The van der Waals surface area contributed by atoms with Crippen molar-refractivity contribution in [3.63, 3.8) is 0 Å². The lowest BCUT2D eigenvalue weighted by atomic mass is 9.66. The summed E-state index contributed by atoms with van der Waals surface area (Å²) in [5.41, 5.74) is 6.31. The van der Waals surface area contributed by atoms with Crippen LogP contribution < -0.4 is 5.73 Å². The first-order valence-corrected chi connectivity index (χ1v) is 9.25. The van der Waals surface area contributed by atoms with Crippen LogP contribution >= 0.6 is 0 Å². The van der Waals surface area contributed by atoms with E-state index in [0.717, 1.165) is 31.2 Å². The second-order valence-corrected chi connectivity index (χ2v) is 7.32. The molecule has 1 amide bonds. The first kappa shape index (κ1) is 17.0. The summed E-state index contributed by atoms with van der Waals surface area (Å²) >= 11 is 0. The van der Waals surface area contributed by atoms with Crippen molar-refractivity contribution in [3.8, 4) is 0 Å². The average Bonchev–Trinajstić information content (AvgIpc) is 2.69. The monoisotopic (exact) mass is 352 g/mol. The number of nitrogens with two attached hydrogens (primary N) is 1. The van der Waals surface area contributed by atoms with E-state index in [1.807, 2.05) is 35.2 Å². The summed E-state index contributed by atoms with van der Waals surface area (Å²) in [7, 11) is 0. The Kier molecular flexibility index (Phi) is 4.36. The molecule has 2 fully saturated rings. The molecule has 1 aliphatic heterocycles. The third kappa shape index (κ3) is 2.74. The minimum absolute atomic E-state index is 0.00909. The van der Waals surface area contributed by atoms with Crippen molar-refractivity contribution in [3.05, 3.63) is 54.0 Å². The van der Waals surface area contributed by atoms with Crippen molar-refractivity contribution in [2.24, 2.45) is 5.92 Å². The smallest absolute Gasteiger partial charge is 0.259 e. The number of hydrogen-bond acceptors (Lipinski definition) is 5. The number of likely N-dealkylation sites (tertiary alicyclic amines) is 1. The maximum Gasteiger partial charge on any atom is 0.259 e. The van der Waals surface area contributed by atoms with Crippen LogP contribution in [0.2, 0.25) is 0 Å². The van der Waals surface area contributed by atoms with Crippen LogP contribution in [0.15, 0.2) is 42.9 Å². The summed E-state index contributed by atoms with van der Waals surface area (Å²) in [6, 6.07) is 9.88. The quantitative estimate of drug-likeness (QED) is 0.865. The Balaban J connectivity index is 1.67. The molecule has 6 nitrogen and oxygen atoms in total. The molecule has 1 saturated heterocycles. The third-order valence-electron chi connectivity index (χ3n) is 5.99. The summed E-state index contributed by atoms with van der Waals surface area (Å²) in [6.45, 7) is 0.500. The molecule has 0 bridgehead atoms. The molecule has 4 rings (SSSR count). The predicted octanol–water partition coefficient (Wildman–Crippen LogP) is 2.35. The highest BCUT2D eigenvalue weighted by atomic mass is 16.3. The van der Waals surface area contributed by atoms with E-state index in [4.69, 9.17) is 5.73 Å². The molecule has 2 aromatic rings. The van der Waals surface area contributed by atoms with Crippen LogP contribution in [0.4, 0.5) is 5.82 Å². The average molecular weight is 352 g/mol. The molecule has 1 aliphatic carbocycles. The number of rotatable bonds is 2. The highest BCUT2D eigenvalue weighted by Gasteiger charge is 2.50. The number of piperidine rings is 1. The van der Waals surface area contributed by atoms with Gasteiger partial charge in [0.1, 0.15) is 17.7 Å². The van der Waals surface area contributed by atoms with Crippen LogP contribution in [0, 0.1) is 5.92 Å². The molecule has 2 heterocycles. The van der Waals surface area contributed by atoms with Crippen molar-refractivity contribution in [1.82, 2.24) is 14.9 Å². The number of nitrogen functional groups attached to an aromatic ring is 1. The van der Waals surface area contributed by atoms with Gasteiger partial charge in [-0.1, -0.05) is 43.2 Å². The fraction of sp³-hybridized carbons (Fsp3) is 0.450. The van der Waals surface area contributed by atoms with Crippen molar-refractivity contribution in [1.29, 1.82) is 0 Å². The Bertz CT molecular complexity index is 797. The maximum atomic E-state index is 13.1. The van der Waals surface area contributed by atoms with Crippen LogP contribution in [0.5, 0.6) is 0 Å². The fourth-order valence-corrected chi connectivity index (χ4v) is 4.68. The van der Waals surface area contributed by atoms with Crippen molar-refractivity contribution >= 4 is 11.7 Å². The number of benzene rings is 1. The molecular formula is C20H24N4O2. The Hall–Kier alpha value is -2.47. The lowest BCUT2D eigenvalue weighted by Crippen LogP contribution is -2.59. The molecule has 26 heavy (non-hydrogen) atoms. The van der Waals surface area contributed by atoms with Crippen molar-refractivity contribution in [2.45, 2.75) is 43.7 Å². The van der Waals surface area contributed by atoms with Gasteiger partial charge >= 0.3 is 0 Å². The number of aliphatic hydroxyl groups is 1. The van der Waals surface area contributed by atoms with Gasteiger partial charge in [-0.15, -0.1) is 0 Å². The standard InChI is InChI=1S/C20H24N4O2/c21-18-15(12-22-13-23-18)19(25)24-11-10-20(26,14-6-2-1-3-7-14)16-8-4-5-9-17(16)24/h1-3,6-7,12-13,16-17,26H,4-5,8-11H2,(H2,21,22,23)/t16-,17+,20-/m0/s1. The van der Waals surface area contributed by atoms with E-state index >= 15 is 0 Å². The molecule has 0 spiro atoms. The Morgan fingerprint density at radius 3 is 2.77 bits per heavy atom. The van der Waals surface area contributed by atoms with Gasteiger partial charge in [0.15, 0.2) is 0 Å². The summed E-state index contributed by atoms with van der Waals surface area (Å²) in [5, 5.41) is 11.6. The molecule has 0 radical (unpaired) electrons. The zero-order chi connectivity index (χ0) is 18.1. The normalized spacial score (nSPS) is 28.4. The van der Waals surface area contributed by atoms with Gasteiger partial charge in [0.25, 0.3) is 5.91 Å². The number of aromatic nitrogens is 2. The van der Waals surface area contributed by atoms with Crippen LogP contribution in [0.1, 0.15) is 48.0 Å². The van der Waals surface area contributed by atoms with Crippen LogP contribution in [-0.4, -0.2) is 38.5 Å². The van der Waals surface area contributed by atoms with E-state index in [2.05, 4.69) is 9.97 Å². The number of nitrogens with zero attached hydrogens (tertiary/aromatic N) is 3. The molecule has 3 atom stereocenters. The lowest BCUT2D eigenvalue weighted by Gasteiger charge is -2.52. The zero-order valence-electron chi connectivity index (χ0n) is 14.7. The summed E-state index contributed by atoms with van der Waals surface area (Å²) < 4.78 is 0. The van der Waals surface area contributed by atoms with Crippen LogP contribution in [0.25, 0.3) is 0 Å². The molecule has 3 N–H and O–H groups in total. The first-order valence-electron chi connectivity index (χ1n) is 9.25. The van der Waals surface area contributed by atoms with E-state index in [9.17, 15) is 9.90 Å². The minimum atomic E-state index is -0.887. The van der Waals surface area contributed by atoms with E-state index in [1.54, 1.807) is 0 Å². The van der Waals surface area contributed by atoms with Gasteiger partial charge in [0.05, 0.1) is 5.60 Å². The topological polar surface area (TPSA) is 92.3 Å². The highest BCUT2D eigenvalue weighted by molar-refractivity contribution is 5.98. The molecule has 1 aromatic heterocycles. The van der Waals surface area contributed by atoms with Gasteiger partial charge in [-0.05, 0) is 24.8 Å². The molecule has 6 heteroatoms. The summed E-state index contributed by atoms with van der Waals surface area (Å²) in [5.74, 6) is 0.110. The van der Waals surface area contributed by atoms with E-state index in [-0.39, 0.29) is 23.7 Å². The Labute approximate surface area is 153 Å². The van der Waals surface area contributed by atoms with Gasteiger partial charge in [-0.2, -0.15) is 0 Å². The molecular weight excluding hydrogens is 328 g/mol. The van der Waals surface area contributed by atoms with Crippen LogP contribution in [0.3, 0.4) is 0 Å². The van der Waals surface area contributed by atoms with Crippen molar-refractivity contribution in [2.75, 3.05) is 12.3 Å². The number of amides is 1. The van der Waals surface area contributed by atoms with Gasteiger partial charge < -0.3 is 15.7 Å². The Morgan fingerprint density at radius 2 is 2.00 bits per heavy atom. The van der Waals surface area contributed by atoms with Gasteiger partial charge in [-0.25, -0.2) is 9.97 Å². The number of carbonyl (C=O) groups is 1. The largest absolute Gasteiger partial charge is 0.385 e. The third-order valence-corrected chi connectivity index (χ3v) is 5.99. The fourth-order valence-electron chi connectivity index (χ4n) is 4.68. The molecule has 0 unspecified atom stereocenters. The van der Waals surface area contributed by atoms with Crippen LogP contribution in [-0.2, 0) is 5.60 Å². The van der Waals surface area contributed by atoms with E-state index < -0.39 is 5.60 Å². The summed E-state index contributed by atoms with van der Waals surface area (Å²) in [4.78, 5) is 22.9. The minimum Gasteiger partial charge on any atom is -0.385 e. The molecule has 1 aromatic carbocycles. The lowest BCUT2D eigenvalue weighted by molar-refractivity contribution is -0.110. The molecule has 136 valence electrons. The van der Waals surface area contributed by atoms with E-state index in [1.165, 1.54) is 12.5 Å². The number of fused-ring (bicyclic) bond motifs is 1. The van der Waals surface area contributed by atoms with Crippen molar-refractivity contribution < 1.29 is 9.90 Å². The number of hydrogen-bond donors (Lipinski definition) is 2. The van der Waals surface area contributed by atoms with Gasteiger partial charge in [-0.3, -0.25) is 4.79 Å². The number of carbonyl (C=O) groups excluding carboxylic acids is 1. The second-order valence-electron chi connectivity index (χ2n) is 7.32. The van der Waals surface area contributed by atoms with Gasteiger partial charge in [0, 0.05) is 24.7 Å². The number of anilines is 1. The second kappa shape index (κ2) is 6.68. The zero-order valence-corrected chi connectivity index (χ0v) is 14.7. The predicted molar refractivity (Wildman–Crippen MR) is 98.2 cm³/mol. The maximum absolute atomic E-state index is 13.1. The highest BCUT2D eigenvalue weighted by Crippen LogP contribution is 2.47. The SMILES string of the molecule is Nc1ncncc1C(=O)N1CC[C@](O)(c2ccccc2)[C@H]2CCCC[C@H]21. The summed E-state index contributed by atoms with van der Waals surface area (Å²) in [6.07, 6.45) is 7.32. The molecule has 1 saturated carbocycles. The van der Waals surface area contributed by atoms with Gasteiger partial charge in [0.2, 0.25) is 0 Å². The molecule has 2 aliphatic rings. The van der Waals surface area contributed by atoms with E-state index in [0.29, 0.717) is 18.5 Å². The first-order chi connectivity index (χ1) is 12.6.